The number of hydrogen-bond acceptors (Lipinski definition) is 1. The van der Waals surface area contributed by atoms with Crippen LogP contribution in [0.3, 0.4) is 0 Å². The first-order valence-electron chi connectivity index (χ1n) is 5.50. The molecule has 0 aromatic heterocycles. The van der Waals surface area contributed by atoms with E-state index in [1.54, 1.807) is 43.4 Å². The summed E-state index contributed by atoms with van der Waals surface area (Å²) in [5.74, 6) is -0.284. The van der Waals surface area contributed by atoms with Crippen LogP contribution in [0.5, 0.6) is 0 Å². The minimum atomic E-state index is -0.368. The van der Waals surface area contributed by atoms with Gasteiger partial charge in [0.1, 0.15) is 5.82 Å². The molecular formula is C14H12Cl2FN. The van der Waals surface area contributed by atoms with E-state index in [1.165, 1.54) is 6.07 Å². The van der Waals surface area contributed by atoms with Gasteiger partial charge in [-0.3, -0.25) is 0 Å². The highest BCUT2D eigenvalue weighted by atomic mass is 35.5. The van der Waals surface area contributed by atoms with Crippen LogP contribution in [0.4, 0.5) is 4.39 Å². The Morgan fingerprint density at radius 3 is 2.17 bits per heavy atom. The molecule has 94 valence electrons. The van der Waals surface area contributed by atoms with E-state index in [-0.39, 0.29) is 11.9 Å². The topological polar surface area (TPSA) is 12.0 Å². The van der Waals surface area contributed by atoms with E-state index in [9.17, 15) is 4.39 Å². The maximum Gasteiger partial charge on any atom is 0.128 e. The van der Waals surface area contributed by atoms with Crippen molar-refractivity contribution in [2.75, 3.05) is 7.05 Å². The van der Waals surface area contributed by atoms with Gasteiger partial charge >= 0.3 is 0 Å². The van der Waals surface area contributed by atoms with Crippen LogP contribution in [-0.2, 0) is 0 Å². The molecule has 0 spiro atoms. The van der Waals surface area contributed by atoms with Gasteiger partial charge in [0.15, 0.2) is 0 Å². The van der Waals surface area contributed by atoms with Crippen molar-refractivity contribution in [2.24, 2.45) is 0 Å². The molecule has 0 aliphatic carbocycles. The largest absolute Gasteiger partial charge is 0.309 e. The highest BCUT2D eigenvalue weighted by Crippen LogP contribution is 2.34. The molecule has 4 heteroatoms. The smallest absolute Gasteiger partial charge is 0.128 e. The molecule has 1 unspecified atom stereocenters. The number of nitrogens with one attached hydrogen (secondary N) is 1. The number of rotatable bonds is 3. The molecule has 2 aromatic rings. The molecule has 0 fully saturated rings. The Morgan fingerprint density at radius 1 is 1.00 bits per heavy atom. The fourth-order valence-electron chi connectivity index (χ4n) is 1.95. The minimum Gasteiger partial charge on any atom is -0.309 e. The van der Waals surface area contributed by atoms with Gasteiger partial charge < -0.3 is 5.32 Å². The molecule has 0 amide bonds. The van der Waals surface area contributed by atoms with E-state index in [0.717, 1.165) is 0 Å². The lowest BCUT2D eigenvalue weighted by Gasteiger charge is -2.20. The summed E-state index contributed by atoms with van der Waals surface area (Å²) in [7, 11) is 1.75. The second-order valence-electron chi connectivity index (χ2n) is 3.88. The lowest BCUT2D eigenvalue weighted by atomic mass is 9.98. The molecule has 1 N–H and O–H groups in total. The first-order valence-corrected chi connectivity index (χ1v) is 6.26. The van der Waals surface area contributed by atoms with E-state index in [1.807, 2.05) is 0 Å². The summed E-state index contributed by atoms with van der Waals surface area (Å²) >= 11 is 12.3. The Morgan fingerprint density at radius 2 is 1.61 bits per heavy atom. The molecular weight excluding hydrogens is 272 g/mol. The Balaban J connectivity index is 2.56. The zero-order valence-electron chi connectivity index (χ0n) is 9.75. The molecule has 2 aromatic carbocycles. The predicted molar refractivity (Wildman–Crippen MR) is 73.8 cm³/mol. The van der Waals surface area contributed by atoms with Gasteiger partial charge in [0.25, 0.3) is 0 Å². The van der Waals surface area contributed by atoms with Gasteiger partial charge in [0, 0.05) is 21.2 Å². The van der Waals surface area contributed by atoms with Crippen molar-refractivity contribution in [2.45, 2.75) is 6.04 Å². The Hall–Kier alpha value is -1.09. The van der Waals surface area contributed by atoms with E-state index >= 15 is 0 Å². The van der Waals surface area contributed by atoms with Gasteiger partial charge in [0.05, 0.1) is 6.04 Å². The van der Waals surface area contributed by atoms with Gasteiger partial charge in [-0.15, -0.1) is 0 Å². The Kier molecular flexibility index (Phi) is 4.23. The zero-order chi connectivity index (χ0) is 13.1. The molecule has 0 aliphatic heterocycles. The maximum atomic E-state index is 13.8. The van der Waals surface area contributed by atoms with Crippen molar-refractivity contribution >= 4 is 23.2 Å². The van der Waals surface area contributed by atoms with E-state index in [2.05, 4.69) is 5.32 Å². The van der Waals surface area contributed by atoms with Crippen LogP contribution in [0.2, 0.25) is 10.0 Å². The fraction of sp³-hybridized carbons (Fsp3) is 0.143. The van der Waals surface area contributed by atoms with Crippen molar-refractivity contribution in [3.8, 4) is 0 Å². The van der Waals surface area contributed by atoms with Crippen LogP contribution >= 0.6 is 23.2 Å². The fourth-order valence-corrected chi connectivity index (χ4v) is 2.57. The second-order valence-corrected chi connectivity index (χ2v) is 4.69. The summed E-state index contributed by atoms with van der Waals surface area (Å²) in [6, 6.07) is 11.5. The van der Waals surface area contributed by atoms with Crippen LogP contribution in [0.25, 0.3) is 0 Å². The van der Waals surface area contributed by atoms with E-state index in [4.69, 9.17) is 23.2 Å². The number of benzene rings is 2. The van der Waals surface area contributed by atoms with Crippen molar-refractivity contribution < 1.29 is 4.39 Å². The van der Waals surface area contributed by atoms with Crippen molar-refractivity contribution in [1.82, 2.24) is 5.32 Å². The Bertz CT molecular complexity index is 537. The van der Waals surface area contributed by atoms with Crippen LogP contribution in [0.1, 0.15) is 17.2 Å². The number of halogens is 3. The first kappa shape index (κ1) is 13.3. The maximum absolute atomic E-state index is 13.8. The van der Waals surface area contributed by atoms with E-state index in [0.29, 0.717) is 21.2 Å². The van der Waals surface area contributed by atoms with Gasteiger partial charge in [-0.05, 0) is 25.2 Å². The van der Waals surface area contributed by atoms with Gasteiger partial charge in [0.2, 0.25) is 0 Å². The molecule has 1 atom stereocenters. The summed E-state index contributed by atoms with van der Waals surface area (Å²) in [4.78, 5) is 0. The standard InChI is InChI=1S/C14H12Cl2FN/c1-18-14(9-5-2-3-8-12(9)17)13-10(15)6-4-7-11(13)16/h2-8,14,18H,1H3. The molecule has 0 saturated carbocycles. The van der Waals surface area contributed by atoms with Crippen LogP contribution < -0.4 is 5.32 Å². The lowest BCUT2D eigenvalue weighted by molar-refractivity contribution is 0.576. The average molecular weight is 284 g/mol. The van der Waals surface area contributed by atoms with Gasteiger partial charge in [-0.1, -0.05) is 47.5 Å². The molecule has 0 saturated heterocycles. The minimum absolute atomic E-state index is 0.284. The second kappa shape index (κ2) is 5.70. The van der Waals surface area contributed by atoms with Crippen LogP contribution in [0.15, 0.2) is 42.5 Å². The highest BCUT2D eigenvalue weighted by Gasteiger charge is 2.20. The van der Waals surface area contributed by atoms with E-state index < -0.39 is 0 Å². The molecule has 1 nitrogen and oxygen atoms in total. The van der Waals surface area contributed by atoms with Crippen LogP contribution in [0, 0.1) is 5.82 Å². The summed E-state index contributed by atoms with van der Waals surface area (Å²) in [6.07, 6.45) is 0. The predicted octanol–water partition coefficient (Wildman–Crippen LogP) is 4.44. The normalized spacial score (nSPS) is 12.4. The first-order chi connectivity index (χ1) is 8.65. The molecule has 2 rings (SSSR count). The summed E-state index contributed by atoms with van der Waals surface area (Å²) in [5, 5.41) is 4.09. The summed E-state index contributed by atoms with van der Waals surface area (Å²) in [6.45, 7) is 0. The lowest BCUT2D eigenvalue weighted by Crippen LogP contribution is -2.19. The van der Waals surface area contributed by atoms with Crippen molar-refractivity contribution in [3.63, 3.8) is 0 Å². The third-order valence-corrected chi connectivity index (χ3v) is 3.45. The molecule has 0 radical (unpaired) electrons. The number of hydrogen-bond donors (Lipinski definition) is 1. The quantitative estimate of drug-likeness (QED) is 0.878. The van der Waals surface area contributed by atoms with Crippen LogP contribution in [-0.4, -0.2) is 7.05 Å². The van der Waals surface area contributed by atoms with Gasteiger partial charge in [-0.25, -0.2) is 4.39 Å². The third-order valence-electron chi connectivity index (χ3n) is 2.79. The molecule has 0 bridgehead atoms. The van der Waals surface area contributed by atoms with Crippen molar-refractivity contribution in [3.05, 3.63) is 69.5 Å². The third kappa shape index (κ3) is 2.51. The monoisotopic (exact) mass is 283 g/mol. The Labute approximate surface area is 116 Å². The SMILES string of the molecule is CNC(c1ccccc1F)c1c(Cl)cccc1Cl. The summed E-state index contributed by atoms with van der Waals surface area (Å²) < 4.78 is 13.8. The highest BCUT2D eigenvalue weighted by molar-refractivity contribution is 6.36. The molecule has 18 heavy (non-hydrogen) atoms. The molecule has 0 heterocycles. The van der Waals surface area contributed by atoms with Gasteiger partial charge in [-0.2, -0.15) is 0 Å². The van der Waals surface area contributed by atoms with Crippen molar-refractivity contribution in [1.29, 1.82) is 0 Å². The molecule has 0 aliphatic rings. The zero-order valence-corrected chi connectivity index (χ0v) is 11.3. The summed E-state index contributed by atoms with van der Waals surface area (Å²) in [5.41, 5.74) is 1.21. The average Bonchev–Trinajstić information content (AvgIpc) is 2.35.